The van der Waals surface area contributed by atoms with E-state index in [9.17, 15) is 22.8 Å². The van der Waals surface area contributed by atoms with E-state index >= 15 is 0 Å². The Morgan fingerprint density at radius 1 is 1.12 bits per heavy atom. The minimum Gasteiger partial charge on any atom is -0.455 e. The number of fused-ring (bicyclic) bond motifs is 2. The normalized spacial score (nSPS) is 24.9. The third-order valence-electron chi connectivity index (χ3n) is 4.42. The number of alkyl halides is 3. The van der Waals surface area contributed by atoms with Gasteiger partial charge in [0.15, 0.2) is 6.61 Å². The topological polar surface area (TPSA) is 55.4 Å². The van der Waals surface area contributed by atoms with Crippen molar-refractivity contribution in [2.75, 3.05) is 11.9 Å². The molecule has 7 heteroatoms. The number of amides is 1. The van der Waals surface area contributed by atoms with E-state index in [4.69, 9.17) is 4.74 Å². The Labute approximate surface area is 136 Å². The summed E-state index contributed by atoms with van der Waals surface area (Å²) >= 11 is 0. The number of allylic oxidation sites excluding steroid dienone is 2. The molecule has 3 rings (SSSR count). The summed E-state index contributed by atoms with van der Waals surface area (Å²) in [6.07, 6.45) is 1.40. The van der Waals surface area contributed by atoms with E-state index in [1.54, 1.807) is 0 Å². The van der Waals surface area contributed by atoms with Gasteiger partial charge in [0.05, 0.1) is 11.5 Å². The van der Waals surface area contributed by atoms with Crippen molar-refractivity contribution < 1.29 is 27.5 Å². The van der Waals surface area contributed by atoms with Gasteiger partial charge in [0, 0.05) is 5.69 Å². The fourth-order valence-electron chi connectivity index (χ4n) is 3.24. The summed E-state index contributed by atoms with van der Waals surface area (Å²) < 4.78 is 42.4. The molecule has 24 heavy (non-hydrogen) atoms. The maximum absolute atomic E-state index is 12.5. The molecule has 1 fully saturated rings. The lowest BCUT2D eigenvalue weighted by atomic mass is 9.94. The number of carbonyl (C=O) groups is 2. The SMILES string of the molecule is O=C(COC(=O)[C@H]1C[C@H]2C=C[C@H]1C2)Nc1ccc(C(F)(F)F)cc1. The highest BCUT2D eigenvalue weighted by Gasteiger charge is 2.40. The van der Waals surface area contributed by atoms with Crippen molar-refractivity contribution in [3.63, 3.8) is 0 Å². The Morgan fingerprint density at radius 2 is 1.83 bits per heavy atom. The molecule has 0 aliphatic heterocycles. The van der Waals surface area contributed by atoms with Gasteiger partial charge in [-0.1, -0.05) is 12.2 Å². The van der Waals surface area contributed by atoms with Crippen LogP contribution in [0.5, 0.6) is 0 Å². The second-order valence-corrected chi connectivity index (χ2v) is 6.12. The quantitative estimate of drug-likeness (QED) is 0.676. The second kappa shape index (κ2) is 6.30. The number of anilines is 1. The monoisotopic (exact) mass is 339 g/mol. The summed E-state index contributed by atoms with van der Waals surface area (Å²) in [6.45, 7) is -0.447. The second-order valence-electron chi connectivity index (χ2n) is 6.12. The van der Waals surface area contributed by atoms with Gasteiger partial charge in [-0.2, -0.15) is 13.2 Å². The van der Waals surface area contributed by atoms with Crippen LogP contribution in [-0.2, 0) is 20.5 Å². The zero-order chi connectivity index (χ0) is 17.3. The van der Waals surface area contributed by atoms with Gasteiger partial charge in [0.2, 0.25) is 0 Å². The van der Waals surface area contributed by atoms with Crippen LogP contribution in [0.15, 0.2) is 36.4 Å². The van der Waals surface area contributed by atoms with E-state index < -0.39 is 30.2 Å². The lowest BCUT2D eigenvalue weighted by Crippen LogP contribution is -2.26. The minimum atomic E-state index is -4.42. The third-order valence-corrected chi connectivity index (χ3v) is 4.42. The van der Waals surface area contributed by atoms with Gasteiger partial charge in [0.1, 0.15) is 0 Å². The molecule has 0 spiro atoms. The fourth-order valence-corrected chi connectivity index (χ4v) is 3.24. The van der Waals surface area contributed by atoms with Crippen molar-refractivity contribution >= 4 is 17.6 Å². The molecular formula is C17H16F3NO3. The van der Waals surface area contributed by atoms with Crippen LogP contribution >= 0.6 is 0 Å². The highest BCUT2D eigenvalue weighted by atomic mass is 19.4. The zero-order valence-electron chi connectivity index (χ0n) is 12.7. The van der Waals surface area contributed by atoms with Gasteiger partial charge in [0.25, 0.3) is 5.91 Å². The first-order chi connectivity index (χ1) is 11.3. The predicted octanol–water partition coefficient (Wildman–Crippen LogP) is 3.40. The van der Waals surface area contributed by atoms with Crippen LogP contribution in [-0.4, -0.2) is 18.5 Å². The largest absolute Gasteiger partial charge is 0.455 e. The van der Waals surface area contributed by atoms with Crippen LogP contribution in [0.3, 0.4) is 0 Å². The molecule has 1 N–H and O–H groups in total. The summed E-state index contributed by atoms with van der Waals surface area (Å²) in [6, 6.07) is 4.07. The van der Waals surface area contributed by atoms with Crippen molar-refractivity contribution in [2.24, 2.45) is 17.8 Å². The molecule has 3 atom stereocenters. The number of esters is 1. The Kier molecular flexibility index (Phi) is 4.34. The van der Waals surface area contributed by atoms with E-state index in [-0.39, 0.29) is 17.5 Å². The number of carbonyl (C=O) groups excluding carboxylic acids is 2. The summed E-state index contributed by atoms with van der Waals surface area (Å²) in [5, 5.41) is 2.40. The zero-order valence-corrected chi connectivity index (χ0v) is 12.7. The third kappa shape index (κ3) is 3.60. The maximum atomic E-state index is 12.5. The first-order valence-corrected chi connectivity index (χ1v) is 7.65. The van der Waals surface area contributed by atoms with Crippen LogP contribution in [0, 0.1) is 17.8 Å². The number of hydrogen-bond donors (Lipinski definition) is 1. The predicted molar refractivity (Wildman–Crippen MR) is 79.9 cm³/mol. The molecule has 2 bridgehead atoms. The number of halogens is 3. The lowest BCUT2D eigenvalue weighted by Gasteiger charge is -2.16. The molecule has 1 amide bonds. The van der Waals surface area contributed by atoms with E-state index in [2.05, 4.69) is 11.4 Å². The number of nitrogens with one attached hydrogen (secondary N) is 1. The van der Waals surface area contributed by atoms with Crippen LogP contribution in [0.2, 0.25) is 0 Å². The first kappa shape index (κ1) is 16.5. The summed E-state index contributed by atoms with van der Waals surface area (Å²) in [4.78, 5) is 23.7. The Balaban J connectivity index is 1.47. The van der Waals surface area contributed by atoms with Gasteiger partial charge in [-0.3, -0.25) is 9.59 Å². The molecule has 1 aromatic rings. The lowest BCUT2D eigenvalue weighted by molar-refractivity contribution is -0.152. The Bertz CT molecular complexity index is 667. The van der Waals surface area contributed by atoms with Crippen LogP contribution in [0.1, 0.15) is 18.4 Å². The molecule has 1 aromatic carbocycles. The van der Waals surface area contributed by atoms with Crippen molar-refractivity contribution in [1.82, 2.24) is 0 Å². The molecule has 0 unspecified atom stereocenters. The van der Waals surface area contributed by atoms with Crippen molar-refractivity contribution in [3.05, 3.63) is 42.0 Å². The Morgan fingerprint density at radius 3 is 2.38 bits per heavy atom. The standard InChI is InChI=1S/C17H16F3NO3/c18-17(19,20)12-3-5-13(6-4-12)21-15(22)9-24-16(23)14-8-10-1-2-11(14)7-10/h1-6,10-11,14H,7-9H2,(H,21,22)/t10-,11-,14-/m0/s1. The summed E-state index contributed by atoms with van der Waals surface area (Å²) in [5.74, 6) is -0.552. The molecule has 0 radical (unpaired) electrons. The van der Waals surface area contributed by atoms with Crippen LogP contribution in [0.4, 0.5) is 18.9 Å². The molecule has 128 valence electrons. The van der Waals surface area contributed by atoms with Crippen molar-refractivity contribution in [3.8, 4) is 0 Å². The molecule has 0 heterocycles. The fraction of sp³-hybridized carbons (Fsp3) is 0.412. The molecule has 0 saturated heterocycles. The molecule has 1 saturated carbocycles. The highest BCUT2D eigenvalue weighted by Crippen LogP contribution is 2.43. The van der Waals surface area contributed by atoms with Gasteiger partial charge in [-0.05, 0) is 48.9 Å². The van der Waals surface area contributed by atoms with Crippen molar-refractivity contribution in [2.45, 2.75) is 19.0 Å². The van der Waals surface area contributed by atoms with Crippen LogP contribution < -0.4 is 5.32 Å². The number of benzene rings is 1. The smallest absolute Gasteiger partial charge is 0.416 e. The van der Waals surface area contributed by atoms with E-state index in [1.807, 2.05) is 6.08 Å². The number of rotatable bonds is 4. The molecule has 0 aromatic heterocycles. The average molecular weight is 339 g/mol. The summed E-state index contributed by atoms with van der Waals surface area (Å²) in [7, 11) is 0. The maximum Gasteiger partial charge on any atom is 0.416 e. The van der Waals surface area contributed by atoms with Gasteiger partial charge < -0.3 is 10.1 Å². The van der Waals surface area contributed by atoms with E-state index in [0.29, 0.717) is 5.92 Å². The number of ether oxygens (including phenoxy) is 1. The average Bonchev–Trinajstić information content (AvgIpc) is 3.15. The van der Waals surface area contributed by atoms with E-state index in [0.717, 1.165) is 37.1 Å². The minimum absolute atomic E-state index is 0.195. The molecule has 2 aliphatic carbocycles. The molecular weight excluding hydrogens is 323 g/mol. The first-order valence-electron chi connectivity index (χ1n) is 7.65. The van der Waals surface area contributed by atoms with Gasteiger partial charge >= 0.3 is 12.1 Å². The molecule has 2 aliphatic rings. The summed E-state index contributed by atoms with van der Waals surface area (Å²) in [5.41, 5.74) is -0.580. The number of hydrogen-bond acceptors (Lipinski definition) is 3. The van der Waals surface area contributed by atoms with E-state index in [1.165, 1.54) is 0 Å². The molecule has 4 nitrogen and oxygen atoms in total. The Hall–Kier alpha value is -2.31. The van der Waals surface area contributed by atoms with Gasteiger partial charge in [-0.25, -0.2) is 0 Å². The highest BCUT2D eigenvalue weighted by molar-refractivity contribution is 5.93. The van der Waals surface area contributed by atoms with Crippen LogP contribution in [0.25, 0.3) is 0 Å². The van der Waals surface area contributed by atoms with Gasteiger partial charge in [-0.15, -0.1) is 0 Å². The van der Waals surface area contributed by atoms with Crippen molar-refractivity contribution in [1.29, 1.82) is 0 Å².